The fourth-order valence-corrected chi connectivity index (χ4v) is 3.23. The normalized spacial score (nSPS) is 26.5. The molecule has 6 nitrogen and oxygen atoms in total. The molecule has 1 unspecified atom stereocenters. The van der Waals surface area contributed by atoms with Gasteiger partial charge in [-0.25, -0.2) is 0 Å². The number of hydrogen-bond donors (Lipinski definition) is 0. The molecule has 1 atom stereocenters. The molecule has 1 aromatic rings. The smallest absolute Gasteiger partial charge is 0.272 e. The van der Waals surface area contributed by atoms with Crippen molar-refractivity contribution in [2.24, 2.45) is 0 Å². The standard InChI is InChI=1S/C17H25N3O3/c1-14(2)19-7-9-22-13-17(11-19)12-20(8-10-23-17)16(21)15-5-3-4-6-18-15/h3-6,14H,7-13H2,1-2H3. The van der Waals surface area contributed by atoms with Crippen molar-refractivity contribution in [3.8, 4) is 0 Å². The quantitative estimate of drug-likeness (QED) is 0.815. The van der Waals surface area contributed by atoms with E-state index in [1.54, 1.807) is 12.3 Å². The Bertz CT molecular complexity index is 537. The molecule has 1 amide bonds. The Morgan fingerprint density at radius 3 is 2.87 bits per heavy atom. The van der Waals surface area contributed by atoms with E-state index in [4.69, 9.17) is 9.47 Å². The van der Waals surface area contributed by atoms with Crippen molar-refractivity contribution in [1.29, 1.82) is 0 Å². The summed E-state index contributed by atoms with van der Waals surface area (Å²) in [5, 5.41) is 0. The van der Waals surface area contributed by atoms with Crippen LogP contribution in [0.5, 0.6) is 0 Å². The third-order valence-corrected chi connectivity index (χ3v) is 4.53. The highest BCUT2D eigenvalue weighted by Crippen LogP contribution is 2.24. The fourth-order valence-electron chi connectivity index (χ4n) is 3.23. The zero-order chi connectivity index (χ0) is 16.3. The molecule has 0 bridgehead atoms. The third kappa shape index (κ3) is 3.71. The third-order valence-electron chi connectivity index (χ3n) is 4.53. The highest BCUT2D eigenvalue weighted by molar-refractivity contribution is 5.92. The predicted molar refractivity (Wildman–Crippen MR) is 86.4 cm³/mol. The first-order valence-electron chi connectivity index (χ1n) is 8.26. The van der Waals surface area contributed by atoms with E-state index in [1.165, 1.54) is 0 Å². The molecule has 2 saturated heterocycles. The van der Waals surface area contributed by atoms with Crippen LogP contribution in [-0.2, 0) is 9.47 Å². The van der Waals surface area contributed by atoms with Crippen LogP contribution in [0.3, 0.4) is 0 Å². The molecule has 0 radical (unpaired) electrons. The van der Waals surface area contributed by atoms with Gasteiger partial charge in [0.05, 0.1) is 26.4 Å². The van der Waals surface area contributed by atoms with Crippen LogP contribution in [0.15, 0.2) is 24.4 Å². The molecule has 2 aliphatic heterocycles. The van der Waals surface area contributed by atoms with Gasteiger partial charge in [-0.2, -0.15) is 0 Å². The Labute approximate surface area is 137 Å². The van der Waals surface area contributed by atoms with E-state index < -0.39 is 5.60 Å². The van der Waals surface area contributed by atoms with E-state index in [9.17, 15) is 4.79 Å². The van der Waals surface area contributed by atoms with Crippen LogP contribution in [0.1, 0.15) is 24.3 Å². The summed E-state index contributed by atoms with van der Waals surface area (Å²) in [4.78, 5) is 21.1. The van der Waals surface area contributed by atoms with Crippen molar-refractivity contribution in [1.82, 2.24) is 14.8 Å². The molecular weight excluding hydrogens is 294 g/mol. The largest absolute Gasteiger partial charge is 0.377 e. The predicted octanol–water partition coefficient (Wildman–Crippen LogP) is 1.03. The number of carbonyl (C=O) groups excluding carboxylic acids is 1. The van der Waals surface area contributed by atoms with Crippen molar-refractivity contribution < 1.29 is 14.3 Å². The van der Waals surface area contributed by atoms with Gasteiger partial charge in [-0.15, -0.1) is 0 Å². The molecule has 2 fully saturated rings. The molecule has 0 saturated carbocycles. The van der Waals surface area contributed by atoms with Crippen LogP contribution in [-0.4, -0.2) is 78.3 Å². The Hall–Kier alpha value is -1.50. The van der Waals surface area contributed by atoms with Crippen LogP contribution in [0, 0.1) is 0 Å². The van der Waals surface area contributed by atoms with Gasteiger partial charge in [0.15, 0.2) is 0 Å². The Morgan fingerprint density at radius 2 is 2.13 bits per heavy atom. The van der Waals surface area contributed by atoms with Crippen LogP contribution < -0.4 is 0 Å². The number of amides is 1. The first kappa shape index (κ1) is 16.4. The highest BCUT2D eigenvalue weighted by Gasteiger charge is 2.42. The maximum absolute atomic E-state index is 12.7. The zero-order valence-electron chi connectivity index (χ0n) is 13.9. The van der Waals surface area contributed by atoms with Crippen molar-refractivity contribution in [2.75, 3.05) is 46.0 Å². The summed E-state index contributed by atoms with van der Waals surface area (Å²) in [6, 6.07) is 5.84. The van der Waals surface area contributed by atoms with Crippen molar-refractivity contribution in [3.63, 3.8) is 0 Å². The summed E-state index contributed by atoms with van der Waals surface area (Å²) in [7, 11) is 0. The van der Waals surface area contributed by atoms with Crippen molar-refractivity contribution in [2.45, 2.75) is 25.5 Å². The number of rotatable bonds is 2. The molecule has 1 spiro atoms. The summed E-state index contributed by atoms with van der Waals surface area (Å²) in [6.07, 6.45) is 1.65. The summed E-state index contributed by atoms with van der Waals surface area (Å²) in [5.41, 5.74) is 0.0449. The molecule has 23 heavy (non-hydrogen) atoms. The maximum atomic E-state index is 12.7. The van der Waals surface area contributed by atoms with Crippen LogP contribution in [0.25, 0.3) is 0 Å². The molecule has 3 rings (SSSR count). The topological polar surface area (TPSA) is 54.9 Å². The second-order valence-electron chi connectivity index (χ2n) is 6.59. The summed E-state index contributed by atoms with van der Waals surface area (Å²) >= 11 is 0. The SMILES string of the molecule is CC(C)N1CCOCC2(CN(C(=O)c3ccccn3)CCO2)C1. The Morgan fingerprint density at radius 1 is 1.26 bits per heavy atom. The minimum Gasteiger partial charge on any atom is -0.377 e. The molecule has 126 valence electrons. The van der Waals surface area contributed by atoms with Gasteiger partial charge < -0.3 is 14.4 Å². The van der Waals surface area contributed by atoms with E-state index >= 15 is 0 Å². The molecule has 1 aromatic heterocycles. The van der Waals surface area contributed by atoms with Crippen LogP contribution in [0.2, 0.25) is 0 Å². The lowest BCUT2D eigenvalue weighted by atomic mass is 10.0. The molecule has 0 aliphatic carbocycles. The summed E-state index contributed by atoms with van der Waals surface area (Å²) in [6.45, 7) is 8.96. The van der Waals surface area contributed by atoms with E-state index in [0.717, 1.165) is 13.1 Å². The Balaban J connectivity index is 1.75. The van der Waals surface area contributed by atoms with Gasteiger partial charge in [-0.1, -0.05) is 6.07 Å². The monoisotopic (exact) mass is 319 g/mol. The van der Waals surface area contributed by atoms with Gasteiger partial charge in [0.2, 0.25) is 0 Å². The number of ether oxygens (including phenoxy) is 2. The van der Waals surface area contributed by atoms with E-state index in [0.29, 0.717) is 44.6 Å². The van der Waals surface area contributed by atoms with Gasteiger partial charge in [-0.05, 0) is 26.0 Å². The van der Waals surface area contributed by atoms with Crippen LogP contribution in [0.4, 0.5) is 0 Å². The Kier molecular flexibility index (Phi) is 4.94. The molecule has 0 aromatic carbocycles. The molecule has 6 heteroatoms. The average molecular weight is 319 g/mol. The number of hydrogen-bond acceptors (Lipinski definition) is 5. The lowest BCUT2D eigenvalue weighted by Gasteiger charge is -2.44. The number of pyridine rings is 1. The first-order valence-corrected chi connectivity index (χ1v) is 8.26. The molecule has 0 N–H and O–H groups in total. The number of morpholine rings is 1. The minimum atomic E-state index is -0.441. The van der Waals surface area contributed by atoms with E-state index in [2.05, 4.69) is 23.7 Å². The highest BCUT2D eigenvalue weighted by atomic mass is 16.5. The van der Waals surface area contributed by atoms with Crippen molar-refractivity contribution in [3.05, 3.63) is 30.1 Å². The summed E-state index contributed by atoms with van der Waals surface area (Å²) in [5.74, 6) is -0.0337. The second kappa shape index (κ2) is 6.95. The molecule has 3 heterocycles. The lowest BCUT2D eigenvalue weighted by molar-refractivity contribution is -0.134. The fraction of sp³-hybridized carbons (Fsp3) is 0.647. The van der Waals surface area contributed by atoms with Gasteiger partial charge in [-0.3, -0.25) is 14.7 Å². The van der Waals surface area contributed by atoms with Crippen molar-refractivity contribution >= 4 is 5.91 Å². The lowest BCUT2D eigenvalue weighted by Crippen LogP contribution is -2.60. The average Bonchev–Trinajstić information content (AvgIpc) is 2.78. The van der Waals surface area contributed by atoms with Crippen LogP contribution >= 0.6 is 0 Å². The molecule has 2 aliphatic rings. The zero-order valence-corrected chi connectivity index (χ0v) is 13.9. The molecular formula is C17H25N3O3. The second-order valence-corrected chi connectivity index (χ2v) is 6.59. The number of carbonyl (C=O) groups is 1. The first-order chi connectivity index (χ1) is 11.1. The van der Waals surface area contributed by atoms with Gasteiger partial charge in [0.25, 0.3) is 5.91 Å². The summed E-state index contributed by atoms with van der Waals surface area (Å²) < 4.78 is 11.9. The minimum absolute atomic E-state index is 0.0337. The maximum Gasteiger partial charge on any atom is 0.272 e. The van der Waals surface area contributed by atoms with Gasteiger partial charge in [0, 0.05) is 31.9 Å². The van der Waals surface area contributed by atoms with Gasteiger partial charge >= 0.3 is 0 Å². The van der Waals surface area contributed by atoms with E-state index in [1.807, 2.05) is 17.0 Å². The van der Waals surface area contributed by atoms with E-state index in [-0.39, 0.29) is 5.91 Å². The number of nitrogens with zero attached hydrogens (tertiary/aromatic N) is 3. The number of aromatic nitrogens is 1. The van der Waals surface area contributed by atoms with Gasteiger partial charge in [0.1, 0.15) is 11.3 Å².